The van der Waals surface area contributed by atoms with Crippen LogP contribution in [0.2, 0.25) is 5.02 Å². The highest BCUT2D eigenvalue weighted by Gasteiger charge is 2.37. The Morgan fingerprint density at radius 3 is 2.18 bits per heavy atom. The van der Waals surface area contributed by atoms with Gasteiger partial charge in [-0.25, -0.2) is 0 Å². The molecule has 1 aliphatic heterocycles. The summed E-state index contributed by atoms with van der Waals surface area (Å²) in [6, 6.07) is 20.0. The van der Waals surface area contributed by atoms with Gasteiger partial charge >= 0.3 is 12.4 Å². The van der Waals surface area contributed by atoms with Gasteiger partial charge in [0.25, 0.3) is 0 Å². The Morgan fingerprint density at radius 1 is 0.795 bits per heavy atom. The summed E-state index contributed by atoms with van der Waals surface area (Å²) < 4.78 is 79.9. The van der Waals surface area contributed by atoms with Crippen LogP contribution < -0.4 is 0 Å². The first-order valence-corrected chi connectivity index (χ1v) is 13.4. The molecule has 1 fully saturated rings. The lowest BCUT2D eigenvalue weighted by Gasteiger charge is -2.39. The topological polar surface area (TPSA) is 3.24 Å². The van der Waals surface area contributed by atoms with E-state index >= 15 is 0 Å². The molecule has 1 nitrogen and oxygen atoms in total. The minimum atomic E-state index is -4.60. The van der Waals surface area contributed by atoms with E-state index in [1.165, 1.54) is 12.1 Å². The number of benzene rings is 3. The number of hydrogen-bond donors (Lipinski definition) is 0. The van der Waals surface area contributed by atoms with Crippen molar-refractivity contribution in [1.29, 1.82) is 0 Å². The van der Waals surface area contributed by atoms with Gasteiger partial charge in [-0.2, -0.15) is 26.3 Å². The smallest absolute Gasteiger partial charge is 0.302 e. The molecule has 0 aromatic heterocycles. The van der Waals surface area contributed by atoms with Gasteiger partial charge in [0.05, 0.1) is 17.0 Å². The largest absolute Gasteiger partial charge is 0.418 e. The molecule has 0 atom stereocenters. The number of halogens is 7. The Hall–Kier alpha value is -2.77. The van der Waals surface area contributed by atoms with Gasteiger partial charge in [-0.15, -0.1) is 0 Å². The van der Waals surface area contributed by atoms with Crippen LogP contribution in [0.4, 0.5) is 26.3 Å². The fraction of sp³-hybridized carbons (Fsp3) is 0.355. The quantitative estimate of drug-likeness (QED) is 0.270. The van der Waals surface area contributed by atoms with Crippen LogP contribution >= 0.6 is 11.6 Å². The monoisotopic (exact) mass is 563 g/mol. The number of rotatable bonds is 6. The highest BCUT2D eigenvalue weighted by molar-refractivity contribution is 6.31. The molecule has 3 aromatic carbocycles. The lowest BCUT2D eigenvalue weighted by atomic mass is 9.85. The van der Waals surface area contributed by atoms with E-state index in [0.717, 1.165) is 40.7 Å². The van der Waals surface area contributed by atoms with Crippen molar-refractivity contribution in [2.75, 3.05) is 19.6 Å². The first-order chi connectivity index (χ1) is 18.5. The molecule has 0 spiro atoms. The number of fused-ring (bicyclic) bond motifs is 1. The fourth-order valence-corrected chi connectivity index (χ4v) is 6.08. The van der Waals surface area contributed by atoms with Gasteiger partial charge in [0.2, 0.25) is 0 Å². The van der Waals surface area contributed by atoms with Gasteiger partial charge in [-0.1, -0.05) is 72.3 Å². The fourth-order valence-electron chi connectivity index (χ4n) is 5.80. The SMILES string of the molecule is FC(F)(F)CCN1CC(Cc2ccc(C3=C(c4cccc(Cl)c4C(F)(F)F)CCCc4ccccc43)cc2)C1. The van der Waals surface area contributed by atoms with Gasteiger partial charge in [-0.05, 0) is 76.6 Å². The first kappa shape index (κ1) is 27.8. The Morgan fingerprint density at radius 2 is 1.49 bits per heavy atom. The number of allylic oxidation sites excluding steroid dienone is 1. The average molecular weight is 564 g/mol. The molecule has 0 saturated carbocycles. The summed E-state index contributed by atoms with van der Waals surface area (Å²) >= 11 is 6.11. The molecule has 1 aliphatic carbocycles. The number of aryl methyl sites for hydroxylation is 1. The molecular formula is C31H28ClF6N. The third-order valence-electron chi connectivity index (χ3n) is 7.59. The van der Waals surface area contributed by atoms with Crippen molar-refractivity contribution < 1.29 is 26.3 Å². The highest BCUT2D eigenvalue weighted by atomic mass is 35.5. The van der Waals surface area contributed by atoms with E-state index in [9.17, 15) is 26.3 Å². The second kappa shape index (κ2) is 11.0. The van der Waals surface area contributed by atoms with Crippen LogP contribution in [0.15, 0.2) is 66.7 Å². The van der Waals surface area contributed by atoms with Crippen LogP contribution in [-0.2, 0) is 19.0 Å². The van der Waals surface area contributed by atoms with Crippen LogP contribution in [0.5, 0.6) is 0 Å². The highest BCUT2D eigenvalue weighted by Crippen LogP contribution is 2.46. The van der Waals surface area contributed by atoms with Crippen molar-refractivity contribution in [3.05, 3.63) is 105 Å². The molecule has 39 heavy (non-hydrogen) atoms. The van der Waals surface area contributed by atoms with E-state index in [4.69, 9.17) is 11.6 Å². The van der Waals surface area contributed by atoms with E-state index in [2.05, 4.69) is 0 Å². The van der Waals surface area contributed by atoms with E-state index < -0.39 is 24.3 Å². The van der Waals surface area contributed by atoms with Crippen LogP contribution in [0, 0.1) is 5.92 Å². The molecule has 1 saturated heterocycles. The Kier molecular flexibility index (Phi) is 7.84. The van der Waals surface area contributed by atoms with Gasteiger partial charge in [0.15, 0.2) is 0 Å². The van der Waals surface area contributed by atoms with Gasteiger partial charge in [0, 0.05) is 19.6 Å². The Bertz CT molecular complexity index is 1350. The van der Waals surface area contributed by atoms with Crippen LogP contribution in [0.25, 0.3) is 11.1 Å². The molecule has 0 bridgehead atoms. The summed E-state index contributed by atoms with van der Waals surface area (Å²) in [6.07, 6.45) is -6.84. The Balaban J connectivity index is 1.47. The van der Waals surface area contributed by atoms with E-state index in [-0.39, 0.29) is 17.1 Å². The minimum Gasteiger partial charge on any atom is -0.302 e. The summed E-state index contributed by atoms with van der Waals surface area (Å²) in [6.45, 7) is 1.30. The zero-order valence-corrected chi connectivity index (χ0v) is 21.9. The van der Waals surface area contributed by atoms with E-state index in [1.807, 2.05) is 53.4 Å². The summed E-state index contributed by atoms with van der Waals surface area (Å²) in [5.74, 6) is 0.290. The molecule has 1 heterocycles. The molecule has 0 N–H and O–H groups in total. The van der Waals surface area contributed by atoms with Gasteiger partial charge in [0.1, 0.15) is 0 Å². The van der Waals surface area contributed by atoms with Crippen LogP contribution in [0.1, 0.15) is 52.6 Å². The average Bonchev–Trinajstić information content (AvgIpc) is 3.04. The lowest BCUT2D eigenvalue weighted by molar-refractivity contribution is -0.141. The summed E-state index contributed by atoms with van der Waals surface area (Å²) in [5.41, 5.74) is 4.61. The molecule has 2 aliphatic rings. The van der Waals surface area contributed by atoms with Crippen molar-refractivity contribution in [2.24, 2.45) is 5.92 Å². The van der Waals surface area contributed by atoms with E-state index in [1.54, 1.807) is 6.07 Å². The minimum absolute atomic E-state index is 0.0265. The predicted molar refractivity (Wildman–Crippen MR) is 142 cm³/mol. The van der Waals surface area contributed by atoms with Crippen molar-refractivity contribution in [2.45, 2.75) is 44.5 Å². The standard InChI is InChI=1S/C31H28ClF6N/c32-27-10-4-9-26(29(27)31(36,37)38)25-8-3-6-22-5-1-2-7-24(22)28(25)23-13-11-20(12-14-23)17-21-18-39(19-21)16-15-30(33,34)35/h1-2,4-5,7,9-14,21H,3,6,8,15-19H2. The molecule has 0 amide bonds. The molecule has 0 radical (unpaired) electrons. The summed E-state index contributed by atoms with van der Waals surface area (Å²) in [7, 11) is 0. The van der Waals surface area contributed by atoms with Crippen molar-refractivity contribution in [3.63, 3.8) is 0 Å². The molecule has 8 heteroatoms. The normalized spacial score (nSPS) is 17.1. The third-order valence-corrected chi connectivity index (χ3v) is 7.91. The molecular weight excluding hydrogens is 536 g/mol. The van der Waals surface area contributed by atoms with Crippen LogP contribution in [0.3, 0.4) is 0 Å². The number of hydrogen-bond acceptors (Lipinski definition) is 1. The summed E-state index contributed by atoms with van der Waals surface area (Å²) in [5, 5.41) is -0.315. The zero-order chi connectivity index (χ0) is 27.8. The van der Waals surface area contributed by atoms with Crippen molar-refractivity contribution in [1.82, 2.24) is 4.90 Å². The first-order valence-electron chi connectivity index (χ1n) is 13.1. The lowest BCUT2D eigenvalue weighted by Crippen LogP contribution is -2.48. The molecule has 0 unspecified atom stereocenters. The maximum Gasteiger partial charge on any atom is 0.418 e. The van der Waals surface area contributed by atoms with Gasteiger partial charge < -0.3 is 4.90 Å². The number of alkyl halides is 6. The van der Waals surface area contributed by atoms with Crippen molar-refractivity contribution >= 4 is 22.7 Å². The number of likely N-dealkylation sites (tertiary alicyclic amines) is 1. The van der Waals surface area contributed by atoms with Crippen molar-refractivity contribution in [3.8, 4) is 0 Å². The molecule has 3 aromatic rings. The van der Waals surface area contributed by atoms with Crippen LogP contribution in [-0.4, -0.2) is 30.7 Å². The molecule has 206 valence electrons. The maximum atomic E-state index is 14.2. The second-order valence-corrected chi connectivity index (χ2v) is 10.8. The maximum absolute atomic E-state index is 14.2. The van der Waals surface area contributed by atoms with E-state index in [0.29, 0.717) is 37.4 Å². The second-order valence-electron chi connectivity index (χ2n) is 10.4. The predicted octanol–water partition coefficient (Wildman–Crippen LogP) is 9.08. The summed E-state index contributed by atoms with van der Waals surface area (Å²) in [4.78, 5) is 1.81. The zero-order valence-electron chi connectivity index (χ0n) is 21.2. The van der Waals surface area contributed by atoms with Gasteiger partial charge in [-0.3, -0.25) is 0 Å². The third kappa shape index (κ3) is 6.36. The Labute approximate surface area is 229 Å². The number of nitrogens with zero attached hydrogens (tertiary/aromatic N) is 1. The molecule has 5 rings (SSSR count).